The van der Waals surface area contributed by atoms with Crippen molar-refractivity contribution in [1.29, 1.82) is 0 Å². The molecule has 2 heterocycles. The lowest BCUT2D eigenvalue weighted by atomic mass is 10.0. The Morgan fingerprint density at radius 1 is 1.55 bits per heavy atom. The number of nitrogen functional groups attached to an aromatic ring is 1. The number of fused-ring (bicyclic) bond motifs is 1. The van der Waals surface area contributed by atoms with E-state index in [2.05, 4.69) is 15.0 Å². The van der Waals surface area contributed by atoms with Crippen LogP contribution in [0.3, 0.4) is 0 Å². The Morgan fingerprint density at radius 2 is 2.27 bits per heavy atom. The average Bonchev–Trinajstić information content (AvgIpc) is 3.01. The molecule has 0 bridgehead atoms. The summed E-state index contributed by atoms with van der Waals surface area (Å²) in [5.74, 6) is 0.0742. The van der Waals surface area contributed by atoms with Crippen LogP contribution in [0.4, 0.5) is 10.3 Å². The van der Waals surface area contributed by atoms with E-state index in [4.69, 9.17) is 10.5 Å². The lowest BCUT2D eigenvalue weighted by molar-refractivity contribution is -0.0994. The van der Waals surface area contributed by atoms with E-state index in [0.717, 1.165) is 0 Å². The topological polar surface area (TPSA) is 140 Å². The number of anilines is 1. The summed E-state index contributed by atoms with van der Waals surface area (Å²) in [5.41, 5.74) is 4.20. The van der Waals surface area contributed by atoms with Crippen molar-refractivity contribution in [2.24, 2.45) is 0 Å². The van der Waals surface area contributed by atoms with Gasteiger partial charge in [-0.2, -0.15) is 9.97 Å². The molecule has 0 spiro atoms. The van der Waals surface area contributed by atoms with E-state index in [1.54, 1.807) is 0 Å². The molecule has 120 valence electrons. The van der Waals surface area contributed by atoms with Crippen LogP contribution in [0.25, 0.3) is 11.2 Å². The van der Waals surface area contributed by atoms with Crippen molar-refractivity contribution in [3.05, 3.63) is 6.33 Å². The van der Waals surface area contributed by atoms with Crippen LogP contribution < -0.4 is 10.5 Å². The van der Waals surface area contributed by atoms with Crippen LogP contribution in [0, 0.1) is 0 Å². The second-order valence-electron chi connectivity index (χ2n) is 5.34. The molecule has 1 saturated carbocycles. The highest BCUT2D eigenvalue weighted by molar-refractivity contribution is 5.77. The van der Waals surface area contributed by atoms with Gasteiger partial charge in [-0.05, 0) is 0 Å². The van der Waals surface area contributed by atoms with E-state index >= 15 is 0 Å². The Kier molecular flexibility index (Phi) is 3.38. The zero-order valence-electron chi connectivity index (χ0n) is 11.7. The van der Waals surface area contributed by atoms with Crippen LogP contribution in [-0.2, 0) is 0 Å². The van der Waals surface area contributed by atoms with Gasteiger partial charge < -0.3 is 30.4 Å². The third-order valence-electron chi connectivity index (χ3n) is 4.01. The number of alkyl halides is 1. The van der Waals surface area contributed by atoms with Crippen molar-refractivity contribution in [3.63, 3.8) is 0 Å². The van der Waals surface area contributed by atoms with Crippen molar-refractivity contribution in [2.45, 2.75) is 30.3 Å². The summed E-state index contributed by atoms with van der Waals surface area (Å²) in [4.78, 5) is 12.0. The highest BCUT2D eigenvalue weighted by atomic mass is 19.1. The summed E-state index contributed by atoms with van der Waals surface area (Å²) < 4.78 is 20.8. The van der Waals surface area contributed by atoms with Crippen LogP contribution in [0.1, 0.15) is 12.5 Å². The normalized spacial score (nSPS) is 31.8. The molecule has 22 heavy (non-hydrogen) atoms. The number of hydrogen-bond acceptors (Lipinski definition) is 8. The van der Waals surface area contributed by atoms with E-state index < -0.39 is 30.5 Å². The Bertz CT molecular complexity index is 710. The Balaban J connectivity index is 2.10. The molecule has 1 aliphatic carbocycles. The van der Waals surface area contributed by atoms with Gasteiger partial charge in [0.15, 0.2) is 11.2 Å². The first-order valence-corrected chi connectivity index (χ1v) is 6.60. The summed E-state index contributed by atoms with van der Waals surface area (Å²) in [6.07, 6.45) is -2.38. The van der Waals surface area contributed by atoms with Gasteiger partial charge in [0.25, 0.3) is 0 Å². The standard InChI is InChI=1S/C12H16FN5O4/c1-22-10-7-9(16-11(14)17-10)18(4-15-7)5-2-12(21,3-19)8(20)6(5)13/h4-6,8,19-21H,2-3H2,1H3,(H2,14,16,17). The molecule has 3 rings (SSSR count). The number of rotatable bonds is 3. The van der Waals surface area contributed by atoms with E-state index in [1.807, 2.05) is 0 Å². The van der Waals surface area contributed by atoms with Crippen molar-refractivity contribution in [3.8, 4) is 5.88 Å². The molecule has 5 N–H and O–H groups in total. The third kappa shape index (κ3) is 1.99. The molecule has 1 fully saturated rings. The zero-order chi connectivity index (χ0) is 16.1. The predicted octanol–water partition coefficient (Wildman–Crippen LogP) is -1.22. The number of aliphatic hydroxyl groups is 3. The minimum absolute atomic E-state index is 0.0718. The molecule has 2 aromatic rings. The molecule has 4 unspecified atom stereocenters. The summed E-state index contributed by atoms with van der Waals surface area (Å²) in [7, 11) is 1.39. The smallest absolute Gasteiger partial charge is 0.246 e. The Labute approximate surface area is 124 Å². The molecule has 0 aromatic carbocycles. The highest BCUT2D eigenvalue weighted by Crippen LogP contribution is 2.41. The molecule has 0 saturated heterocycles. The van der Waals surface area contributed by atoms with Gasteiger partial charge in [-0.1, -0.05) is 0 Å². The molecule has 4 atom stereocenters. The third-order valence-corrected chi connectivity index (χ3v) is 4.01. The SMILES string of the molecule is COc1nc(N)nc2c1ncn2C1CC(O)(CO)C(O)C1F. The van der Waals surface area contributed by atoms with Gasteiger partial charge in [0.2, 0.25) is 11.8 Å². The maximum Gasteiger partial charge on any atom is 0.246 e. The molecule has 0 aliphatic heterocycles. The molecular weight excluding hydrogens is 297 g/mol. The van der Waals surface area contributed by atoms with Gasteiger partial charge >= 0.3 is 0 Å². The van der Waals surface area contributed by atoms with Gasteiger partial charge in [-0.3, -0.25) is 0 Å². The summed E-state index contributed by atoms with van der Waals surface area (Å²) in [6.45, 7) is -0.752. The van der Waals surface area contributed by atoms with Crippen LogP contribution in [-0.4, -0.2) is 66.4 Å². The second kappa shape index (κ2) is 5.00. The summed E-state index contributed by atoms with van der Waals surface area (Å²) >= 11 is 0. The molecule has 1 aliphatic rings. The molecular formula is C12H16FN5O4. The number of imidazole rings is 1. The number of methoxy groups -OCH3 is 1. The first kappa shape index (κ1) is 14.9. The summed E-state index contributed by atoms with van der Waals surface area (Å²) in [6, 6.07) is -0.948. The zero-order valence-corrected chi connectivity index (χ0v) is 11.7. The van der Waals surface area contributed by atoms with Crippen LogP contribution in [0.15, 0.2) is 6.33 Å². The van der Waals surface area contributed by atoms with Gasteiger partial charge in [0, 0.05) is 6.42 Å². The number of aromatic nitrogens is 4. The number of aliphatic hydroxyl groups excluding tert-OH is 2. The van der Waals surface area contributed by atoms with Crippen molar-refractivity contribution in [1.82, 2.24) is 19.5 Å². The van der Waals surface area contributed by atoms with Crippen molar-refractivity contribution < 1.29 is 24.4 Å². The van der Waals surface area contributed by atoms with Crippen LogP contribution >= 0.6 is 0 Å². The van der Waals surface area contributed by atoms with Gasteiger partial charge in [-0.15, -0.1) is 0 Å². The minimum Gasteiger partial charge on any atom is -0.479 e. The first-order valence-electron chi connectivity index (χ1n) is 6.60. The first-order chi connectivity index (χ1) is 10.4. The monoisotopic (exact) mass is 313 g/mol. The molecule has 0 radical (unpaired) electrons. The van der Waals surface area contributed by atoms with Gasteiger partial charge in [0.1, 0.15) is 17.9 Å². The van der Waals surface area contributed by atoms with E-state index in [1.165, 1.54) is 18.0 Å². The van der Waals surface area contributed by atoms with Gasteiger partial charge in [-0.25, -0.2) is 9.37 Å². The molecule has 0 amide bonds. The van der Waals surface area contributed by atoms with E-state index in [-0.39, 0.29) is 29.4 Å². The molecule has 9 nitrogen and oxygen atoms in total. The number of ether oxygens (including phenoxy) is 1. The maximum atomic E-state index is 14.4. The minimum atomic E-state index is -1.91. The Hall–Kier alpha value is -2.04. The van der Waals surface area contributed by atoms with Crippen molar-refractivity contribution >= 4 is 17.1 Å². The largest absolute Gasteiger partial charge is 0.479 e. The molecule has 10 heteroatoms. The fourth-order valence-electron chi connectivity index (χ4n) is 2.80. The fraction of sp³-hybridized carbons (Fsp3) is 0.583. The van der Waals surface area contributed by atoms with Crippen LogP contribution in [0.2, 0.25) is 0 Å². The second-order valence-corrected chi connectivity index (χ2v) is 5.34. The predicted molar refractivity (Wildman–Crippen MR) is 72.9 cm³/mol. The Morgan fingerprint density at radius 3 is 2.86 bits per heavy atom. The lowest BCUT2D eigenvalue weighted by Gasteiger charge is -2.23. The van der Waals surface area contributed by atoms with E-state index in [0.29, 0.717) is 0 Å². The van der Waals surface area contributed by atoms with Gasteiger partial charge in [0.05, 0.1) is 26.1 Å². The number of nitrogens with zero attached hydrogens (tertiary/aromatic N) is 4. The number of hydrogen-bond donors (Lipinski definition) is 4. The quantitative estimate of drug-likeness (QED) is 0.553. The molecule has 2 aromatic heterocycles. The highest BCUT2D eigenvalue weighted by Gasteiger charge is 2.53. The average molecular weight is 313 g/mol. The van der Waals surface area contributed by atoms with Crippen molar-refractivity contribution in [2.75, 3.05) is 19.5 Å². The fourth-order valence-corrected chi connectivity index (χ4v) is 2.80. The number of halogens is 1. The van der Waals surface area contributed by atoms with E-state index in [9.17, 15) is 19.7 Å². The number of nitrogens with two attached hydrogens (primary N) is 1. The lowest BCUT2D eigenvalue weighted by Crippen LogP contribution is -2.44. The summed E-state index contributed by atoms with van der Waals surface area (Å²) in [5, 5.41) is 29.1. The maximum absolute atomic E-state index is 14.4. The van der Waals surface area contributed by atoms with Crippen LogP contribution in [0.5, 0.6) is 5.88 Å².